The summed E-state index contributed by atoms with van der Waals surface area (Å²) in [6, 6.07) is 15.2. The first kappa shape index (κ1) is 16.0. The maximum absolute atomic E-state index is 12.6. The lowest BCUT2D eigenvalue weighted by Crippen LogP contribution is -2.41. The van der Waals surface area contributed by atoms with Gasteiger partial charge in [-0.1, -0.05) is 48.5 Å². The maximum atomic E-state index is 12.6. The Balaban J connectivity index is 1.36. The van der Waals surface area contributed by atoms with Crippen LogP contribution >= 0.6 is 0 Å². The first-order valence-corrected chi connectivity index (χ1v) is 8.86. The molecule has 2 aromatic rings. The number of carboxylic acid groups (broad SMARTS) is 1. The summed E-state index contributed by atoms with van der Waals surface area (Å²) in [4.78, 5) is 25.3. The van der Waals surface area contributed by atoms with E-state index in [0.717, 1.165) is 22.3 Å². The molecular formula is C20H17N3O4. The lowest BCUT2D eigenvalue weighted by Gasteiger charge is -2.22. The molecule has 27 heavy (non-hydrogen) atoms. The minimum absolute atomic E-state index is 0.0588. The number of rotatable bonds is 3. The third kappa shape index (κ3) is 2.50. The third-order valence-corrected chi connectivity index (χ3v) is 5.56. The molecule has 0 radical (unpaired) electrons. The van der Waals surface area contributed by atoms with Crippen LogP contribution in [0.2, 0.25) is 0 Å². The maximum Gasteiger partial charge on any atom is 0.410 e. The molecule has 7 heteroatoms. The van der Waals surface area contributed by atoms with Crippen LogP contribution < -0.4 is 0 Å². The summed E-state index contributed by atoms with van der Waals surface area (Å²) in [5.41, 5.74) is 3.80. The number of benzene rings is 2. The van der Waals surface area contributed by atoms with Crippen LogP contribution in [0.5, 0.6) is 0 Å². The number of ether oxygens (including phenoxy) is 1. The SMILES string of the molecule is O=C(O)C1CC2(CN1C(=O)OCC1c3ccccc3-c3ccccc31)N=N2. The summed E-state index contributed by atoms with van der Waals surface area (Å²) in [6.45, 7) is 0.331. The van der Waals surface area contributed by atoms with Crippen molar-refractivity contribution in [2.24, 2.45) is 10.2 Å². The van der Waals surface area contributed by atoms with E-state index in [1.807, 2.05) is 36.4 Å². The van der Waals surface area contributed by atoms with Crippen molar-refractivity contribution in [3.05, 3.63) is 59.7 Å². The predicted molar refractivity (Wildman–Crippen MR) is 95.4 cm³/mol. The molecule has 136 valence electrons. The van der Waals surface area contributed by atoms with Crippen LogP contribution in [0.3, 0.4) is 0 Å². The van der Waals surface area contributed by atoms with Gasteiger partial charge in [-0.3, -0.25) is 4.90 Å². The molecule has 0 aromatic heterocycles. The van der Waals surface area contributed by atoms with Crippen molar-refractivity contribution in [3.8, 4) is 11.1 Å². The molecular weight excluding hydrogens is 346 g/mol. The molecule has 0 saturated carbocycles. The van der Waals surface area contributed by atoms with Crippen LogP contribution in [0.15, 0.2) is 58.8 Å². The van der Waals surface area contributed by atoms with Gasteiger partial charge in [0.1, 0.15) is 12.6 Å². The first-order chi connectivity index (χ1) is 13.1. The zero-order valence-corrected chi connectivity index (χ0v) is 14.4. The Morgan fingerprint density at radius 2 is 1.67 bits per heavy atom. The predicted octanol–water partition coefficient (Wildman–Crippen LogP) is 3.26. The fourth-order valence-electron chi connectivity index (χ4n) is 4.17. The van der Waals surface area contributed by atoms with E-state index in [2.05, 4.69) is 22.4 Å². The number of likely N-dealkylation sites (tertiary alicyclic amines) is 1. The number of carbonyl (C=O) groups excluding carboxylic acids is 1. The quantitative estimate of drug-likeness (QED) is 0.906. The third-order valence-electron chi connectivity index (χ3n) is 5.56. The van der Waals surface area contributed by atoms with E-state index in [4.69, 9.17) is 4.74 Å². The van der Waals surface area contributed by atoms with Gasteiger partial charge in [0, 0.05) is 12.3 Å². The number of hydrogen-bond acceptors (Lipinski definition) is 5. The van der Waals surface area contributed by atoms with E-state index < -0.39 is 23.8 Å². The smallest absolute Gasteiger partial charge is 0.410 e. The van der Waals surface area contributed by atoms with Gasteiger partial charge >= 0.3 is 12.1 Å². The normalized spacial score (nSPS) is 21.2. The number of carbonyl (C=O) groups is 2. The average Bonchev–Trinajstić information content (AvgIpc) is 3.20. The average molecular weight is 363 g/mol. The van der Waals surface area contributed by atoms with Gasteiger partial charge in [0.15, 0.2) is 0 Å². The molecule has 1 fully saturated rings. The molecule has 0 bridgehead atoms. The monoisotopic (exact) mass is 363 g/mol. The highest BCUT2D eigenvalue weighted by atomic mass is 16.6. The molecule has 1 unspecified atom stereocenters. The van der Waals surface area contributed by atoms with Crippen molar-refractivity contribution in [3.63, 3.8) is 0 Å². The summed E-state index contributed by atoms with van der Waals surface area (Å²) in [6.07, 6.45) is -0.412. The highest BCUT2D eigenvalue weighted by Gasteiger charge is 2.56. The van der Waals surface area contributed by atoms with Crippen LogP contribution in [0.4, 0.5) is 4.79 Å². The molecule has 1 saturated heterocycles. The molecule has 2 aromatic carbocycles. The van der Waals surface area contributed by atoms with Gasteiger partial charge in [0.05, 0.1) is 6.54 Å². The van der Waals surface area contributed by atoms with Gasteiger partial charge in [-0.05, 0) is 22.3 Å². The van der Waals surface area contributed by atoms with E-state index in [0.29, 0.717) is 0 Å². The largest absolute Gasteiger partial charge is 0.480 e. The number of nitrogens with zero attached hydrogens (tertiary/aromatic N) is 3. The Morgan fingerprint density at radius 1 is 1.07 bits per heavy atom. The van der Waals surface area contributed by atoms with E-state index in [1.165, 1.54) is 4.90 Å². The Morgan fingerprint density at radius 3 is 2.22 bits per heavy atom. The van der Waals surface area contributed by atoms with Gasteiger partial charge in [-0.2, -0.15) is 10.2 Å². The molecule has 1 N–H and O–H groups in total. The molecule has 1 atom stereocenters. The number of fused-ring (bicyclic) bond motifs is 3. The Bertz CT molecular complexity index is 935. The number of carboxylic acids is 1. The molecule has 1 spiro atoms. The number of amides is 1. The van der Waals surface area contributed by atoms with Crippen molar-refractivity contribution in [1.29, 1.82) is 0 Å². The summed E-state index contributed by atoms with van der Waals surface area (Å²) < 4.78 is 5.57. The van der Waals surface area contributed by atoms with Crippen LogP contribution in [0, 0.1) is 0 Å². The zero-order valence-electron chi connectivity index (χ0n) is 14.4. The number of aliphatic carboxylic acids is 1. The summed E-state index contributed by atoms with van der Waals surface area (Å²) in [7, 11) is 0. The first-order valence-electron chi connectivity index (χ1n) is 8.86. The van der Waals surface area contributed by atoms with Gasteiger partial charge in [0.25, 0.3) is 0 Å². The minimum Gasteiger partial charge on any atom is -0.480 e. The van der Waals surface area contributed by atoms with Crippen molar-refractivity contribution < 1.29 is 19.4 Å². The summed E-state index contributed by atoms with van der Waals surface area (Å²) >= 11 is 0. The zero-order chi connectivity index (χ0) is 18.6. The lowest BCUT2D eigenvalue weighted by molar-refractivity contribution is -0.141. The van der Waals surface area contributed by atoms with Crippen molar-refractivity contribution in [2.45, 2.75) is 24.0 Å². The summed E-state index contributed by atoms with van der Waals surface area (Å²) in [5, 5.41) is 17.2. The number of hydrogen-bond donors (Lipinski definition) is 1. The highest BCUT2D eigenvalue weighted by molar-refractivity contribution is 5.82. The van der Waals surface area contributed by atoms with Gasteiger partial charge in [-0.25, -0.2) is 9.59 Å². The van der Waals surface area contributed by atoms with E-state index in [9.17, 15) is 14.7 Å². The van der Waals surface area contributed by atoms with E-state index >= 15 is 0 Å². The topological polar surface area (TPSA) is 91.6 Å². The van der Waals surface area contributed by atoms with Crippen molar-refractivity contribution in [1.82, 2.24) is 4.90 Å². The fraction of sp³-hybridized carbons (Fsp3) is 0.300. The molecule has 1 aliphatic carbocycles. The fourth-order valence-corrected chi connectivity index (χ4v) is 4.17. The van der Waals surface area contributed by atoms with Crippen LogP contribution in [0.1, 0.15) is 23.5 Å². The van der Waals surface area contributed by atoms with Crippen molar-refractivity contribution >= 4 is 12.1 Å². The van der Waals surface area contributed by atoms with Crippen LogP contribution in [0.25, 0.3) is 11.1 Å². The Hall–Kier alpha value is -3.22. The van der Waals surface area contributed by atoms with E-state index in [-0.39, 0.29) is 25.5 Å². The van der Waals surface area contributed by atoms with Gasteiger partial charge in [-0.15, -0.1) is 0 Å². The minimum atomic E-state index is -1.06. The highest BCUT2D eigenvalue weighted by Crippen LogP contribution is 2.45. The van der Waals surface area contributed by atoms with Gasteiger partial charge in [0.2, 0.25) is 5.66 Å². The molecule has 7 nitrogen and oxygen atoms in total. The van der Waals surface area contributed by atoms with Crippen LogP contribution in [-0.2, 0) is 9.53 Å². The standard InChI is InChI=1S/C20H17N3O4/c24-18(25)17-9-20(21-22-20)11-23(17)19(26)27-10-16-14-7-3-1-5-12(14)13-6-2-4-8-15(13)16/h1-8,16-17H,9-11H2,(H,24,25). The summed E-state index contributed by atoms with van der Waals surface area (Å²) in [5.74, 6) is -1.12. The second-order valence-electron chi connectivity index (χ2n) is 7.17. The Labute approximate surface area is 155 Å². The second-order valence-corrected chi connectivity index (χ2v) is 7.17. The molecule has 2 aliphatic heterocycles. The van der Waals surface area contributed by atoms with E-state index in [1.54, 1.807) is 0 Å². The molecule has 3 aliphatic rings. The van der Waals surface area contributed by atoms with Crippen LogP contribution in [-0.4, -0.2) is 46.9 Å². The lowest BCUT2D eigenvalue weighted by atomic mass is 9.98. The molecule has 1 amide bonds. The molecule has 5 rings (SSSR count). The second kappa shape index (κ2) is 5.64. The Kier molecular flexibility index (Phi) is 3.34. The molecule has 2 heterocycles. The van der Waals surface area contributed by atoms with Crippen molar-refractivity contribution in [2.75, 3.05) is 13.2 Å². The van der Waals surface area contributed by atoms with Gasteiger partial charge < -0.3 is 9.84 Å².